The van der Waals surface area contributed by atoms with E-state index in [2.05, 4.69) is 10.1 Å². The van der Waals surface area contributed by atoms with Gasteiger partial charge in [-0.25, -0.2) is 4.79 Å². The Morgan fingerprint density at radius 3 is 2.00 bits per heavy atom. The van der Waals surface area contributed by atoms with Crippen molar-refractivity contribution in [2.24, 2.45) is 0 Å². The molecule has 1 saturated heterocycles. The van der Waals surface area contributed by atoms with Crippen molar-refractivity contribution in [2.45, 2.75) is 33.0 Å². The molecule has 1 aliphatic heterocycles. The van der Waals surface area contributed by atoms with Gasteiger partial charge in [-0.2, -0.15) is 8.78 Å². The van der Waals surface area contributed by atoms with Crippen molar-refractivity contribution >= 4 is 23.6 Å². The third kappa shape index (κ3) is 6.66. The molecule has 3 rings (SSSR count). The lowest BCUT2D eigenvalue weighted by atomic mass is 10.1. The number of anilines is 1. The Balaban J connectivity index is 1.57. The first-order valence-electron chi connectivity index (χ1n) is 10.8. The highest BCUT2D eigenvalue weighted by molar-refractivity contribution is 5.98. The molecule has 1 aliphatic rings. The smallest absolute Gasteiger partial charge is 0.412 e. The Labute approximate surface area is 196 Å². The number of ether oxygens (including phenoxy) is 2. The van der Waals surface area contributed by atoms with Gasteiger partial charge in [-0.3, -0.25) is 14.9 Å². The second-order valence-electron chi connectivity index (χ2n) is 8.66. The van der Waals surface area contributed by atoms with Crippen LogP contribution < -0.4 is 10.1 Å². The minimum Gasteiger partial charge on any atom is -0.444 e. The van der Waals surface area contributed by atoms with E-state index in [1.807, 2.05) is 0 Å². The lowest BCUT2D eigenvalue weighted by Gasteiger charge is -2.35. The number of nitrogens with one attached hydrogen (secondary N) is 1. The van der Waals surface area contributed by atoms with E-state index in [9.17, 15) is 23.2 Å². The SMILES string of the molecule is CC(C)(C)OC(=O)Nc1ccc(C(=O)N2CCN(C(=O)c3ccccc3OC(F)F)CC2)cc1. The second kappa shape index (κ2) is 10.5. The topological polar surface area (TPSA) is 88.2 Å². The average molecular weight is 475 g/mol. The Hall–Kier alpha value is -3.69. The van der Waals surface area contributed by atoms with Gasteiger partial charge < -0.3 is 19.3 Å². The number of hydrogen-bond acceptors (Lipinski definition) is 5. The van der Waals surface area contributed by atoms with Crippen molar-refractivity contribution in [3.05, 3.63) is 59.7 Å². The monoisotopic (exact) mass is 475 g/mol. The van der Waals surface area contributed by atoms with Gasteiger partial charge in [0.1, 0.15) is 11.4 Å². The van der Waals surface area contributed by atoms with Crippen LogP contribution in [0.1, 0.15) is 41.5 Å². The fourth-order valence-corrected chi connectivity index (χ4v) is 3.43. The van der Waals surface area contributed by atoms with Gasteiger partial charge in [0, 0.05) is 37.4 Å². The maximum atomic E-state index is 12.8. The Morgan fingerprint density at radius 2 is 1.44 bits per heavy atom. The molecule has 10 heteroatoms. The van der Waals surface area contributed by atoms with Gasteiger partial charge in [-0.1, -0.05) is 12.1 Å². The molecule has 0 spiro atoms. The molecule has 2 aromatic carbocycles. The van der Waals surface area contributed by atoms with Crippen molar-refractivity contribution in [2.75, 3.05) is 31.5 Å². The van der Waals surface area contributed by atoms with Crippen molar-refractivity contribution in [1.82, 2.24) is 9.80 Å². The van der Waals surface area contributed by atoms with E-state index in [4.69, 9.17) is 4.74 Å². The quantitative estimate of drug-likeness (QED) is 0.699. The summed E-state index contributed by atoms with van der Waals surface area (Å²) in [4.78, 5) is 40.7. The Kier molecular flexibility index (Phi) is 7.70. The maximum Gasteiger partial charge on any atom is 0.412 e. The maximum absolute atomic E-state index is 12.8. The number of benzene rings is 2. The highest BCUT2D eigenvalue weighted by Crippen LogP contribution is 2.23. The number of piperazine rings is 1. The van der Waals surface area contributed by atoms with Crippen molar-refractivity contribution in [3.63, 3.8) is 0 Å². The summed E-state index contributed by atoms with van der Waals surface area (Å²) in [5.41, 5.74) is 0.355. The number of para-hydroxylation sites is 1. The second-order valence-corrected chi connectivity index (χ2v) is 8.66. The van der Waals surface area contributed by atoms with E-state index in [-0.39, 0.29) is 30.3 Å². The molecule has 1 fully saturated rings. The lowest BCUT2D eigenvalue weighted by molar-refractivity contribution is -0.0503. The third-order valence-electron chi connectivity index (χ3n) is 4.96. The average Bonchev–Trinajstić information content (AvgIpc) is 2.77. The highest BCUT2D eigenvalue weighted by atomic mass is 19.3. The van der Waals surface area contributed by atoms with Gasteiger partial charge >= 0.3 is 12.7 Å². The van der Waals surface area contributed by atoms with Crippen LogP contribution in [0.3, 0.4) is 0 Å². The summed E-state index contributed by atoms with van der Waals surface area (Å²) >= 11 is 0. The molecule has 0 aromatic heterocycles. The molecular formula is C24H27F2N3O5. The zero-order valence-corrected chi connectivity index (χ0v) is 19.2. The summed E-state index contributed by atoms with van der Waals surface area (Å²) < 4.78 is 34.9. The minimum atomic E-state index is -3.03. The number of rotatable bonds is 5. The van der Waals surface area contributed by atoms with Crippen LogP contribution in [-0.2, 0) is 4.74 Å². The first-order chi connectivity index (χ1) is 16.0. The molecule has 0 radical (unpaired) electrons. The van der Waals surface area contributed by atoms with E-state index >= 15 is 0 Å². The number of carbonyl (C=O) groups excluding carboxylic acids is 3. The van der Waals surface area contributed by atoms with E-state index < -0.39 is 24.2 Å². The standard InChI is InChI=1S/C24H27F2N3O5/c1-24(2,3)34-23(32)27-17-10-8-16(9-11-17)20(30)28-12-14-29(15-13-28)21(31)18-6-4-5-7-19(18)33-22(25)26/h4-11,22H,12-15H2,1-3H3,(H,27,32). The summed E-state index contributed by atoms with van der Waals surface area (Å²) in [6.45, 7) is 3.35. The predicted octanol–water partition coefficient (Wildman–Crippen LogP) is 4.23. The molecule has 1 heterocycles. The molecule has 8 nitrogen and oxygen atoms in total. The van der Waals surface area contributed by atoms with Crippen LogP contribution in [0.2, 0.25) is 0 Å². The van der Waals surface area contributed by atoms with Crippen LogP contribution in [0.4, 0.5) is 19.3 Å². The van der Waals surface area contributed by atoms with Gasteiger partial charge in [0.25, 0.3) is 11.8 Å². The van der Waals surface area contributed by atoms with Crippen LogP contribution in [0.25, 0.3) is 0 Å². The summed E-state index contributed by atoms with van der Waals surface area (Å²) in [5, 5.41) is 2.61. The van der Waals surface area contributed by atoms with Gasteiger partial charge in [-0.05, 0) is 57.2 Å². The molecule has 0 unspecified atom stereocenters. The lowest BCUT2D eigenvalue weighted by Crippen LogP contribution is -2.50. The fourth-order valence-electron chi connectivity index (χ4n) is 3.43. The molecule has 0 atom stereocenters. The van der Waals surface area contributed by atoms with Crippen molar-refractivity contribution < 1.29 is 32.6 Å². The third-order valence-corrected chi connectivity index (χ3v) is 4.96. The number of hydrogen-bond donors (Lipinski definition) is 1. The van der Waals surface area contributed by atoms with Gasteiger partial charge in [-0.15, -0.1) is 0 Å². The first kappa shape index (κ1) is 24.9. The van der Waals surface area contributed by atoms with Crippen LogP contribution in [0, 0.1) is 0 Å². The number of halogens is 2. The summed E-state index contributed by atoms with van der Waals surface area (Å²) in [7, 11) is 0. The number of carbonyl (C=O) groups is 3. The normalized spacial score (nSPS) is 14.1. The number of nitrogens with zero attached hydrogens (tertiary/aromatic N) is 2. The molecular weight excluding hydrogens is 448 g/mol. The van der Waals surface area contributed by atoms with Crippen LogP contribution in [0.15, 0.2) is 48.5 Å². The highest BCUT2D eigenvalue weighted by Gasteiger charge is 2.27. The Morgan fingerprint density at radius 1 is 0.882 bits per heavy atom. The largest absolute Gasteiger partial charge is 0.444 e. The number of alkyl halides is 2. The molecule has 3 amide bonds. The zero-order chi connectivity index (χ0) is 24.9. The van der Waals surface area contributed by atoms with Crippen LogP contribution in [-0.4, -0.2) is 66.1 Å². The molecule has 0 saturated carbocycles. The van der Waals surface area contributed by atoms with Gasteiger partial charge in [0.05, 0.1) is 5.56 Å². The van der Waals surface area contributed by atoms with Crippen LogP contribution >= 0.6 is 0 Å². The summed E-state index contributed by atoms with van der Waals surface area (Å²) in [6, 6.07) is 12.3. The molecule has 34 heavy (non-hydrogen) atoms. The Bertz CT molecular complexity index is 1030. The van der Waals surface area contributed by atoms with E-state index in [0.29, 0.717) is 24.3 Å². The summed E-state index contributed by atoms with van der Waals surface area (Å²) in [6.07, 6.45) is -0.590. The van der Waals surface area contributed by atoms with E-state index in [1.54, 1.807) is 56.0 Å². The van der Waals surface area contributed by atoms with Crippen LogP contribution in [0.5, 0.6) is 5.75 Å². The predicted molar refractivity (Wildman–Crippen MR) is 121 cm³/mol. The molecule has 182 valence electrons. The first-order valence-corrected chi connectivity index (χ1v) is 10.8. The number of amides is 3. The van der Waals surface area contributed by atoms with Crippen molar-refractivity contribution in [1.29, 1.82) is 0 Å². The molecule has 1 N–H and O–H groups in total. The van der Waals surface area contributed by atoms with E-state index in [0.717, 1.165) is 0 Å². The van der Waals surface area contributed by atoms with E-state index in [1.165, 1.54) is 23.1 Å². The van der Waals surface area contributed by atoms with Crippen molar-refractivity contribution in [3.8, 4) is 5.75 Å². The van der Waals surface area contributed by atoms with Gasteiger partial charge in [0.2, 0.25) is 0 Å². The fraction of sp³-hybridized carbons (Fsp3) is 0.375. The van der Waals surface area contributed by atoms with Gasteiger partial charge in [0.15, 0.2) is 0 Å². The summed E-state index contributed by atoms with van der Waals surface area (Å²) in [5.74, 6) is -0.820. The molecule has 0 aliphatic carbocycles. The minimum absolute atomic E-state index is 0.0515. The zero-order valence-electron chi connectivity index (χ0n) is 19.2. The molecule has 2 aromatic rings. The molecule has 0 bridgehead atoms.